The number of aromatic nitrogens is 2. The summed E-state index contributed by atoms with van der Waals surface area (Å²) in [6.45, 7) is 4.34. The Balaban J connectivity index is 1.82. The van der Waals surface area contributed by atoms with E-state index < -0.39 is 0 Å². The Kier molecular flexibility index (Phi) is 3.07. The van der Waals surface area contributed by atoms with Gasteiger partial charge >= 0.3 is 0 Å². The Morgan fingerprint density at radius 1 is 1.16 bits per heavy atom. The summed E-state index contributed by atoms with van der Waals surface area (Å²) in [5, 5.41) is 3.16. The van der Waals surface area contributed by atoms with Crippen LogP contribution in [-0.4, -0.2) is 15.7 Å². The highest BCUT2D eigenvalue weighted by molar-refractivity contribution is 5.92. The molecule has 4 heteroatoms. The summed E-state index contributed by atoms with van der Waals surface area (Å²) in [5.41, 5.74) is 9.48. The van der Waals surface area contributed by atoms with Crippen LogP contribution in [0.25, 0.3) is 22.5 Å². The molecule has 4 nitrogen and oxygen atoms in total. The van der Waals surface area contributed by atoms with Crippen molar-refractivity contribution in [3.8, 4) is 11.3 Å². The number of imidazole rings is 1. The maximum absolute atomic E-state index is 5.00. The highest BCUT2D eigenvalue weighted by Gasteiger charge is 2.33. The SMILES string of the molecule is CCCc1ccn2c3c(nc2c1)-c1ccc(C)cc1C1=CNC=NC13. The van der Waals surface area contributed by atoms with E-state index in [0.717, 1.165) is 24.2 Å². The normalized spacial score (nSPS) is 17.5. The number of pyridine rings is 1. The first-order chi connectivity index (χ1) is 12.3. The smallest absolute Gasteiger partial charge is 0.138 e. The zero-order valence-electron chi connectivity index (χ0n) is 14.5. The Morgan fingerprint density at radius 2 is 2.08 bits per heavy atom. The van der Waals surface area contributed by atoms with Crippen molar-refractivity contribution in [1.82, 2.24) is 14.7 Å². The van der Waals surface area contributed by atoms with Crippen LogP contribution in [0.15, 0.2) is 47.7 Å². The van der Waals surface area contributed by atoms with Gasteiger partial charge in [-0.3, -0.25) is 4.99 Å². The molecular weight excluding hydrogens is 308 g/mol. The van der Waals surface area contributed by atoms with Crippen LogP contribution < -0.4 is 5.32 Å². The van der Waals surface area contributed by atoms with Crippen molar-refractivity contribution in [3.05, 3.63) is 65.1 Å². The molecule has 0 bridgehead atoms. The van der Waals surface area contributed by atoms with Crippen molar-refractivity contribution in [2.24, 2.45) is 4.99 Å². The lowest BCUT2D eigenvalue weighted by Gasteiger charge is -2.27. The highest BCUT2D eigenvalue weighted by atomic mass is 15.1. The Hall–Kier alpha value is -2.88. The first kappa shape index (κ1) is 14.5. The van der Waals surface area contributed by atoms with E-state index in [1.807, 2.05) is 0 Å². The summed E-state index contributed by atoms with van der Waals surface area (Å²) >= 11 is 0. The van der Waals surface area contributed by atoms with Crippen LogP contribution in [0.1, 0.15) is 41.8 Å². The van der Waals surface area contributed by atoms with Gasteiger partial charge in [0.15, 0.2) is 0 Å². The van der Waals surface area contributed by atoms with E-state index in [4.69, 9.17) is 9.98 Å². The van der Waals surface area contributed by atoms with Gasteiger partial charge in [-0.15, -0.1) is 0 Å². The summed E-state index contributed by atoms with van der Waals surface area (Å²) in [6.07, 6.45) is 8.23. The van der Waals surface area contributed by atoms with E-state index in [0.29, 0.717) is 0 Å². The molecule has 1 aliphatic heterocycles. The molecule has 124 valence electrons. The largest absolute Gasteiger partial charge is 0.353 e. The second-order valence-corrected chi connectivity index (χ2v) is 6.85. The van der Waals surface area contributed by atoms with Crippen LogP contribution in [0.5, 0.6) is 0 Å². The van der Waals surface area contributed by atoms with Gasteiger partial charge in [0.1, 0.15) is 11.7 Å². The fraction of sp³-hybridized carbons (Fsp3) is 0.238. The number of rotatable bonds is 2. The number of hydrogen-bond donors (Lipinski definition) is 1. The molecule has 2 aliphatic rings. The van der Waals surface area contributed by atoms with E-state index in [-0.39, 0.29) is 6.04 Å². The number of hydrogen-bond acceptors (Lipinski definition) is 3. The summed E-state index contributed by atoms with van der Waals surface area (Å²) < 4.78 is 2.21. The number of nitrogens with zero attached hydrogens (tertiary/aromatic N) is 3. The third-order valence-corrected chi connectivity index (χ3v) is 5.10. The molecule has 2 aromatic heterocycles. The van der Waals surface area contributed by atoms with Gasteiger partial charge in [0.25, 0.3) is 0 Å². The molecule has 0 saturated carbocycles. The lowest BCUT2D eigenvalue weighted by Crippen LogP contribution is -2.18. The molecule has 1 aliphatic carbocycles. The van der Waals surface area contributed by atoms with Crippen molar-refractivity contribution < 1.29 is 0 Å². The van der Waals surface area contributed by atoms with Crippen LogP contribution in [0.2, 0.25) is 0 Å². The zero-order valence-corrected chi connectivity index (χ0v) is 14.5. The summed E-state index contributed by atoms with van der Waals surface area (Å²) in [7, 11) is 0. The fourth-order valence-corrected chi connectivity index (χ4v) is 3.96. The summed E-state index contributed by atoms with van der Waals surface area (Å²) in [6, 6.07) is 11.0. The molecule has 0 fully saturated rings. The predicted molar refractivity (Wildman–Crippen MR) is 102 cm³/mol. The Labute approximate surface area is 146 Å². The first-order valence-electron chi connectivity index (χ1n) is 8.86. The van der Waals surface area contributed by atoms with Gasteiger partial charge in [-0.25, -0.2) is 4.98 Å². The Morgan fingerprint density at radius 3 is 2.96 bits per heavy atom. The summed E-state index contributed by atoms with van der Waals surface area (Å²) in [4.78, 5) is 9.74. The van der Waals surface area contributed by atoms with Gasteiger partial charge in [-0.1, -0.05) is 37.1 Å². The molecule has 3 aromatic rings. The van der Waals surface area contributed by atoms with E-state index >= 15 is 0 Å². The molecule has 1 atom stereocenters. The van der Waals surface area contributed by atoms with Crippen LogP contribution in [0, 0.1) is 6.92 Å². The minimum Gasteiger partial charge on any atom is -0.353 e. The van der Waals surface area contributed by atoms with E-state index in [1.54, 1.807) is 6.34 Å². The molecule has 0 saturated heterocycles. The van der Waals surface area contributed by atoms with Crippen molar-refractivity contribution >= 4 is 17.6 Å². The van der Waals surface area contributed by atoms with Gasteiger partial charge in [-0.2, -0.15) is 0 Å². The molecule has 25 heavy (non-hydrogen) atoms. The van der Waals surface area contributed by atoms with Crippen LogP contribution in [-0.2, 0) is 6.42 Å². The topological polar surface area (TPSA) is 41.7 Å². The monoisotopic (exact) mass is 328 g/mol. The van der Waals surface area contributed by atoms with Gasteiger partial charge in [0.05, 0.1) is 17.7 Å². The third kappa shape index (κ3) is 2.07. The standard InChI is InChI=1S/C21H20N4/c1-3-4-14-7-8-25-18(10-14)24-20-15-6-5-13(2)9-16(15)17-11-22-12-23-19(17)21(20)25/h5-12,19H,3-4H2,1-2H3,(H,22,23). The minimum absolute atomic E-state index is 0.00225. The van der Waals surface area contributed by atoms with Crippen LogP contribution in [0.3, 0.4) is 0 Å². The fourth-order valence-electron chi connectivity index (χ4n) is 3.96. The van der Waals surface area contributed by atoms with Gasteiger partial charge < -0.3 is 9.72 Å². The van der Waals surface area contributed by atoms with Crippen LogP contribution >= 0.6 is 0 Å². The highest BCUT2D eigenvalue weighted by Crippen LogP contribution is 2.47. The number of benzene rings is 1. The minimum atomic E-state index is -0.00225. The van der Waals surface area contributed by atoms with E-state index in [9.17, 15) is 0 Å². The van der Waals surface area contributed by atoms with Gasteiger partial charge in [-0.05, 0) is 36.6 Å². The van der Waals surface area contributed by atoms with Gasteiger partial charge in [0.2, 0.25) is 0 Å². The molecule has 1 aromatic carbocycles. The van der Waals surface area contributed by atoms with Gasteiger partial charge in [0, 0.05) is 23.5 Å². The average molecular weight is 328 g/mol. The maximum atomic E-state index is 5.00. The molecular formula is C21H20N4. The predicted octanol–water partition coefficient (Wildman–Crippen LogP) is 4.29. The Bertz CT molecular complexity index is 1060. The number of aliphatic imine (C=N–C) groups is 1. The lowest BCUT2D eigenvalue weighted by atomic mass is 9.84. The molecule has 5 rings (SSSR count). The quantitative estimate of drug-likeness (QED) is 0.762. The van der Waals surface area contributed by atoms with Crippen molar-refractivity contribution in [2.45, 2.75) is 32.7 Å². The van der Waals surface area contributed by atoms with E-state index in [1.165, 1.54) is 33.5 Å². The molecule has 0 radical (unpaired) electrons. The molecule has 1 N–H and O–H groups in total. The second kappa shape index (κ2) is 5.31. The van der Waals surface area contributed by atoms with Crippen LogP contribution in [0.4, 0.5) is 0 Å². The van der Waals surface area contributed by atoms with E-state index in [2.05, 4.69) is 66.3 Å². The molecule has 0 amide bonds. The molecule has 3 heterocycles. The lowest BCUT2D eigenvalue weighted by molar-refractivity contribution is 0.838. The number of fused-ring (bicyclic) bond motifs is 8. The van der Waals surface area contributed by atoms with Crippen molar-refractivity contribution in [3.63, 3.8) is 0 Å². The zero-order chi connectivity index (χ0) is 17.0. The second-order valence-electron chi connectivity index (χ2n) is 6.85. The average Bonchev–Trinajstić information content (AvgIpc) is 3.01. The molecule has 1 unspecified atom stereocenters. The van der Waals surface area contributed by atoms with Crippen molar-refractivity contribution in [1.29, 1.82) is 0 Å². The third-order valence-electron chi connectivity index (χ3n) is 5.10. The summed E-state index contributed by atoms with van der Waals surface area (Å²) in [5.74, 6) is 0. The molecule has 0 spiro atoms. The number of nitrogens with one attached hydrogen (secondary N) is 1. The number of aryl methyl sites for hydroxylation is 2. The first-order valence-corrected chi connectivity index (χ1v) is 8.86. The van der Waals surface area contributed by atoms with Crippen molar-refractivity contribution in [2.75, 3.05) is 0 Å². The maximum Gasteiger partial charge on any atom is 0.138 e.